The summed E-state index contributed by atoms with van der Waals surface area (Å²) in [5.41, 5.74) is 0.867. The first-order chi connectivity index (χ1) is 21.7. The molecule has 0 aliphatic rings. The van der Waals surface area contributed by atoms with Crippen molar-refractivity contribution < 1.29 is 24.1 Å². The van der Waals surface area contributed by atoms with Crippen LogP contribution in [0.15, 0.2) is 101 Å². The second kappa shape index (κ2) is 16.0. The van der Waals surface area contributed by atoms with Crippen LogP contribution < -0.4 is 16.0 Å². The maximum Gasteiger partial charge on any atom is 0.515 e. The van der Waals surface area contributed by atoms with Gasteiger partial charge in [-0.05, 0) is 41.5 Å². The van der Waals surface area contributed by atoms with E-state index in [2.05, 4.69) is 13.8 Å². The Balaban J connectivity index is 1.66. The zero-order chi connectivity index (χ0) is 32.3. The molecule has 3 aromatic carbocycles. The predicted molar refractivity (Wildman–Crippen MR) is 173 cm³/mol. The lowest BCUT2D eigenvalue weighted by Gasteiger charge is -2.27. The average molecular weight is 615 g/mol. The molecule has 0 amide bonds. The Kier molecular flexibility index (Phi) is 11.9. The number of benzene rings is 3. The van der Waals surface area contributed by atoms with Crippen molar-refractivity contribution >= 4 is 6.16 Å². The van der Waals surface area contributed by atoms with Gasteiger partial charge in [-0.15, -0.1) is 0 Å². The smallest absolute Gasteiger partial charge is 0.431 e. The van der Waals surface area contributed by atoms with Gasteiger partial charge in [0.25, 0.3) is 5.56 Å². The number of ether oxygens (including phenoxy) is 3. The Morgan fingerprint density at radius 1 is 0.800 bits per heavy atom. The number of para-hydroxylation sites is 1. The third-order valence-electron chi connectivity index (χ3n) is 7.55. The molecule has 1 aromatic heterocycles. The molecule has 4 aromatic rings. The summed E-state index contributed by atoms with van der Waals surface area (Å²) in [4.78, 5) is 41.0. The van der Waals surface area contributed by atoms with Crippen molar-refractivity contribution in [3.63, 3.8) is 0 Å². The molecule has 9 heteroatoms. The van der Waals surface area contributed by atoms with E-state index < -0.39 is 23.7 Å². The van der Waals surface area contributed by atoms with Gasteiger partial charge in [-0.2, -0.15) is 0 Å². The standard InChI is InChI=1S/C36H42N2O7/c1-25(2)22-30(26(3)4)34(40)43-20-21-44-36(42)45-33-31(23-27-14-8-5-9-15-27)32(39)37(24-28-16-10-6-11-17-28)35(41)38(33)29-18-12-7-13-19-29/h5-19,25-26,30,34,40H,20-24H2,1-4H3. The third-order valence-corrected chi connectivity index (χ3v) is 7.55. The van der Waals surface area contributed by atoms with E-state index in [-0.39, 0.29) is 49.5 Å². The molecule has 4 rings (SSSR count). The van der Waals surface area contributed by atoms with Crippen LogP contribution >= 0.6 is 0 Å². The van der Waals surface area contributed by atoms with E-state index in [1.54, 1.807) is 30.3 Å². The molecular weight excluding hydrogens is 572 g/mol. The van der Waals surface area contributed by atoms with Gasteiger partial charge >= 0.3 is 11.8 Å². The molecule has 2 atom stereocenters. The van der Waals surface area contributed by atoms with Gasteiger partial charge in [0.1, 0.15) is 6.61 Å². The van der Waals surface area contributed by atoms with Crippen molar-refractivity contribution in [2.75, 3.05) is 13.2 Å². The molecule has 1 heterocycles. The fourth-order valence-electron chi connectivity index (χ4n) is 5.24. The van der Waals surface area contributed by atoms with Crippen molar-refractivity contribution in [1.29, 1.82) is 0 Å². The molecule has 238 valence electrons. The molecule has 0 saturated heterocycles. The summed E-state index contributed by atoms with van der Waals surface area (Å²) in [6.07, 6.45) is -1.22. The van der Waals surface area contributed by atoms with Crippen LogP contribution in [0.25, 0.3) is 5.69 Å². The lowest BCUT2D eigenvalue weighted by molar-refractivity contribution is -0.153. The Hall–Kier alpha value is -4.47. The van der Waals surface area contributed by atoms with Crippen molar-refractivity contribution in [1.82, 2.24) is 9.13 Å². The quantitative estimate of drug-likeness (QED) is 0.109. The van der Waals surface area contributed by atoms with Crippen molar-refractivity contribution in [2.45, 2.75) is 53.4 Å². The summed E-state index contributed by atoms with van der Waals surface area (Å²) < 4.78 is 18.9. The van der Waals surface area contributed by atoms with Gasteiger partial charge < -0.3 is 19.3 Å². The van der Waals surface area contributed by atoms with Crippen LogP contribution in [0.1, 0.15) is 50.8 Å². The number of hydrogen-bond donors (Lipinski definition) is 1. The molecule has 2 unspecified atom stereocenters. The number of carbonyl (C=O) groups is 1. The van der Waals surface area contributed by atoms with Crippen molar-refractivity contribution in [2.24, 2.45) is 17.8 Å². The van der Waals surface area contributed by atoms with Crippen LogP contribution in [-0.2, 0) is 22.4 Å². The minimum absolute atomic E-state index is 0.0334. The topological polar surface area (TPSA) is 109 Å². The highest BCUT2D eigenvalue weighted by Gasteiger charge is 2.26. The fourth-order valence-corrected chi connectivity index (χ4v) is 5.24. The highest BCUT2D eigenvalue weighted by molar-refractivity contribution is 5.64. The van der Waals surface area contributed by atoms with Gasteiger partial charge in [0.15, 0.2) is 6.29 Å². The highest BCUT2D eigenvalue weighted by Crippen LogP contribution is 2.25. The van der Waals surface area contributed by atoms with E-state index >= 15 is 0 Å². The summed E-state index contributed by atoms with van der Waals surface area (Å²) in [5, 5.41) is 10.6. The number of nitrogens with zero attached hydrogens (tertiary/aromatic N) is 2. The minimum Gasteiger partial charge on any atom is -0.431 e. The molecule has 0 aliphatic carbocycles. The number of aromatic nitrogens is 2. The molecule has 9 nitrogen and oxygen atoms in total. The number of carbonyl (C=O) groups excluding carboxylic acids is 1. The third kappa shape index (κ3) is 9.03. The van der Waals surface area contributed by atoms with Crippen LogP contribution in [0.2, 0.25) is 0 Å². The first-order valence-electron chi connectivity index (χ1n) is 15.3. The van der Waals surface area contributed by atoms with E-state index in [1.807, 2.05) is 74.5 Å². The number of aliphatic hydroxyl groups excluding tert-OH is 1. The van der Waals surface area contributed by atoms with Crippen molar-refractivity contribution in [3.8, 4) is 11.6 Å². The summed E-state index contributed by atoms with van der Waals surface area (Å²) in [6.45, 7) is 8.01. The lowest BCUT2D eigenvalue weighted by atomic mass is 9.87. The summed E-state index contributed by atoms with van der Waals surface area (Å²) in [5.74, 6) is 0.305. The molecule has 0 aliphatic heterocycles. The monoisotopic (exact) mass is 614 g/mol. The van der Waals surface area contributed by atoms with Gasteiger partial charge in [0.2, 0.25) is 5.88 Å². The largest absolute Gasteiger partial charge is 0.515 e. The van der Waals surface area contributed by atoms with Gasteiger partial charge in [0.05, 0.1) is 24.4 Å². The van der Waals surface area contributed by atoms with Crippen LogP contribution in [0.4, 0.5) is 4.79 Å². The van der Waals surface area contributed by atoms with E-state index in [9.17, 15) is 19.5 Å². The van der Waals surface area contributed by atoms with Crippen LogP contribution in [-0.4, -0.2) is 39.9 Å². The van der Waals surface area contributed by atoms with Gasteiger partial charge in [-0.25, -0.2) is 14.2 Å². The van der Waals surface area contributed by atoms with E-state index in [4.69, 9.17) is 14.2 Å². The SMILES string of the molecule is CC(C)CC(C(C)C)C(O)OCCOC(=O)Oc1c(Cc2ccccc2)c(=O)n(Cc2ccccc2)c(=O)n1-c1ccccc1. The Labute approximate surface area is 263 Å². The average Bonchev–Trinajstić information content (AvgIpc) is 3.03. The maximum atomic E-state index is 14.0. The van der Waals surface area contributed by atoms with Crippen molar-refractivity contribution in [3.05, 3.63) is 129 Å². The molecule has 0 radical (unpaired) electrons. The van der Waals surface area contributed by atoms with Gasteiger partial charge in [0, 0.05) is 12.3 Å². The Morgan fingerprint density at radius 2 is 1.38 bits per heavy atom. The first kappa shape index (κ1) is 33.4. The van der Waals surface area contributed by atoms with Crippen LogP contribution in [0.5, 0.6) is 5.88 Å². The zero-order valence-corrected chi connectivity index (χ0v) is 26.3. The normalized spacial score (nSPS) is 12.7. The minimum atomic E-state index is -1.10. The molecule has 45 heavy (non-hydrogen) atoms. The highest BCUT2D eigenvalue weighted by atomic mass is 16.7. The molecule has 1 N–H and O–H groups in total. The van der Waals surface area contributed by atoms with E-state index in [0.29, 0.717) is 11.6 Å². The molecular formula is C36H42N2O7. The van der Waals surface area contributed by atoms with E-state index in [1.165, 1.54) is 4.57 Å². The number of rotatable bonds is 14. The predicted octanol–water partition coefficient (Wildman–Crippen LogP) is 5.81. The lowest BCUT2D eigenvalue weighted by Crippen LogP contribution is -2.42. The maximum absolute atomic E-state index is 14.0. The summed E-state index contributed by atoms with van der Waals surface area (Å²) in [7, 11) is 0. The number of aliphatic hydroxyl groups is 1. The van der Waals surface area contributed by atoms with Crippen LogP contribution in [0, 0.1) is 17.8 Å². The van der Waals surface area contributed by atoms with Gasteiger partial charge in [-0.1, -0.05) is 107 Å². The molecule has 0 spiro atoms. The Morgan fingerprint density at radius 3 is 1.96 bits per heavy atom. The second-order valence-corrected chi connectivity index (χ2v) is 11.8. The number of hydrogen-bond acceptors (Lipinski definition) is 7. The fraction of sp³-hybridized carbons (Fsp3) is 0.361. The summed E-state index contributed by atoms with van der Waals surface area (Å²) in [6, 6.07) is 27.2. The zero-order valence-electron chi connectivity index (χ0n) is 26.3. The van der Waals surface area contributed by atoms with Gasteiger partial charge in [-0.3, -0.25) is 9.36 Å². The van der Waals surface area contributed by atoms with Crippen LogP contribution in [0.3, 0.4) is 0 Å². The summed E-state index contributed by atoms with van der Waals surface area (Å²) >= 11 is 0. The molecule has 0 saturated carbocycles. The molecule has 0 bridgehead atoms. The second-order valence-electron chi connectivity index (χ2n) is 11.8. The Bertz CT molecular complexity index is 1630. The molecule has 0 fully saturated rings. The van der Waals surface area contributed by atoms with E-state index in [0.717, 1.165) is 22.1 Å². The first-order valence-corrected chi connectivity index (χ1v) is 15.3.